The van der Waals surface area contributed by atoms with E-state index in [9.17, 15) is 4.79 Å². The minimum Gasteiger partial charge on any atom is -0.382 e. The van der Waals surface area contributed by atoms with Gasteiger partial charge in [0.1, 0.15) is 0 Å². The van der Waals surface area contributed by atoms with Crippen molar-refractivity contribution in [1.82, 2.24) is 15.6 Å². The van der Waals surface area contributed by atoms with Gasteiger partial charge in [0.15, 0.2) is 0 Å². The number of benzene rings is 2. The van der Waals surface area contributed by atoms with Crippen LogP contribution in [0.4, 0.5) is 11.4 Å². The second kappa shape index (κ2) is 9.65. The van der Waals surface area contributed by atoms with Gasteiger partial charge in [-0.05, 0) is 80.7 Å². The number of hydrogen-bond donors (Lipinski definition) is 4. The molecule has 1 saturated heterocycles. The van der Waals surface area contributed by atoms with Crippen LogP contribution in [0.5, 0.6) is 0 Å². The maximum atomic E-state index is 12.2. The van der Waals surface area contributed by atoms with Crippen LogP contribution in [0.1, 0.15) is 36.1 Å². The van der Waals surface area contributed by atoms with Crippen LogP contribution in [0.15, 0.2) is 55.1 Å². The van der Waals surface area contributed by atoms with Crippen molar-refractivity contribution in [1.29, 1.82) is 0 Å². The summed E-state index contributed by atoms with van der Waals surface area (Å²) in [4.78, 5) is 18.6. The molecule has 7 heteroatoms. The van der Waals surface area contributed by atoms with Crippen LogP contribution >= 0.6 is 11.3 Å². The molecule has 6 nitrogen and oxygen atoms in total. The smallest absolute Gasteiger partial charge is 0.247 e. The number of aromatic nitrogens is 1. The summed E-state index contributed by atoms with van der Waals surface area (Å²) >= 11 is 1.85. The second-order valence-corrected chi connectivity index (χ2v) is 10.9. The molecule has 0 aliphatic carbocycles. The Hall–Kier alpha value is -3.26. The van der Waals surface area contributed by atoms with Crippen molar-refractivity contribution in [2.75, 3.05) is 30.3 Å². The number of rotatable bonds is 4. The van der Waals surface area contributed by atoms with Crippen LogP contribution < -0.4 is 21.3 Å². The molecule has 1 atom stereocenters. The van der Waals surface area contributed by atoms with Crippen molar-refractivity contribution in [2.45, 2.75) is 38.3 Å². The van der Waals surface area contributed by atoms with Crippen LogP contribution in [0.3, 0.4) is 0 Å². The molecule has 0 spiro atoms. The van der Waals surface area contributed by atoms with Crippen molar-refractivity contribution in [3.63, 3.8) is 0 Å². The Morgan fingerprint density at radius 3 is 2.86 bits per heavy atom. The zero-order chi connectivity index (χ0) is 24.6. The molecule has 184 valence electrons. The molecular formula is C29H31N5OS. The molecule has 1 amide bonds. The van der Waals surface area contributed by atoms with Gasteiger partial charge in [0.25, 0.3) is 0 Å². The predicted molar refractivity (Wildman–Crippen MR) is 151 cm³/mol. The number of carbonyl (C=O) groups is 1. The van der Waals surface area contributed by atoms with Gasteiger partial charge in [-0.15, -0.1) is 11.3 Å². The van der Waals surface area contributed by atoms with Gasteiger partial charge in [0.2, 0.25) is 5.91 Å². The molecule has 1 unspecified atom stereocenters. The zero-order valence-corrected chi connectivity index (χ0v) is 21.3. The quantitative estimate of drug-likeness (QED) is 0.276. The Morgan fingerprint density at radius 2 is 2.03 bits per heavy atom. The highest BCUT2D eigenvalue weighted by molar-refractivity contribution is 7.20. The highest BCUT2D eigenvalue weighted by Crippen LogP contribution is 2.41. The van der Waals surface area contributed by atoms with Crippen LogP contribution in [-0.2, 0) is 11.3 Å². The van der Waals surface area contributed by atoms with E-state index in [4.69, 9.17) is 4.98 Å². The minimum absolute atomic E-state index is 0.189. The molecule has 0 radical (unpaired) electrons. The number of amides is 1. The molecule has 2 aromatic carbocycles. The van der Waals surface area contributed by atoms with E-state index < -0.39 is 0 Å². The SMILES string of the molecule is C=CC(=O)Nc1cc(-c2ccc3c(ccc4sc5c(c43)NCC(C)NC5)n2)ccc1C1CCNCC1. The van der Waals surface area contributed by atoms with E-state index >= 15 is 0 Å². The summed E-state index contributed by atoms with van der Waals surface area (Å²) in [6, 6.07) is 15.4. The maximum absolute atomic E-state index is 12.2. The fourth-order valence-corrected chi connectivity index (χ4v) is 6.56. The first kappa shape index (κ1) is 23.2. The van der Waals surface area contributed by atoms with E-state index in [1.807, 2.05) is 11.3 Å². The molecular weight excluding hydrogens is 466 g/mol. The molecule has 36 heavy (non-hydrogen) atoms. The molecule has 0 bridgehead atoms. The van der Waals surface area contributed by atoms with Crippen molar-refractivity contribution < 1.29 is 4.79 Å². The van der Waals surface area contributed by atoms with Crippen molar-refractivity contribution in [2.24, 2.45) is 0 Å². The molecule has 6 rings (SSSR count). The average molecular weight is 498 g/mol. The molecule has 0 saturated carbocycles. The standard InChI is InChI=1S/C29H31N5OS/c1-3-27(35)34-24-14-19(4-5-20(24)18-10-12-30-13-11-18)22-7-6-21-23(33-22)8-9-25-28(21)29-26(36-25)16-31-17(2)15-32-29/h3-9,14,17-18,30-32H,1,10-13,15-16H2,2H3,(H,34,35). The zero-order valence-electron chi connectivity index (χ0n) is 20.5. The highest BCUT2D eigenvalue weighted by atomic mass is 32.1. The summed E-state index contributed by atoms with van der Waals surface area (Å²) in [6.07, 6.45) is 3.45. The summed E-state index contributed by atoms with van der Waals surface area (Å²) in [5, 5.41) is 16.2. The maximum Gasteiger partial charge on any atom is 0.247 e. The van der Waals surface area contributed by atoms with E-state index in [2.05, 4.69) is 77.2 Å². The van der Waals surface area contributed by atoms with Gasteiger partial charge in [0.05, 0.1) is 16.9 Å². The van der Waals surface area contributed by atoms with Crippen LogP contribution in [-0.4, -0.2) is 36.6 Å². The van der Waals surface area contributed by atoms with Crippen molar-refractivity contribution in [3.8, 4) is 11.3 Å². The molecule has 4 heterocycles. The fourth-order valence-electron chi connectivity index (χ4n) is 5.41. The minimum atomic E-state index is -0.189. The number of carbonyl (C=O) groups excluding carboxylic acids is 1. The molecule has 4 aromatic rings. The molecule has 4 N–H and O–H groups in total. The molecule has 2 aliphatic heterocycles. The van der Waals surface area contributed by atoms with Gasteiger partial charge < -0.3 is 21.3 Å². The van der Waals surface area contributed by atoms with Gasteiger partial charge >= 0.3 is 0 Å². The van der Waals surface area contributed by atoms with Crippen molar-refractivity contribution >= 4 is 49.6 Å². The van der Waals surface area contributed by atoms with E-state index in [0.29, 0.717) is 12.0 Å². The third-order valence-corrected chi connectivity index (χ3v) is 8.52. The first-order chi connectivity index (χ1) is 17.6. The Kier molecular flexibility index (Phi) is 6.21. The van der Waals surface area contributed by atoms with E-state index in [-0.39, 0.29) is 5.91 Å². The van der Waals surface area contributed by atoms with Crippen LogP contribution in [0, 0.1) is 0 Å². The number of anilines is 2. The lowest BCUT2D eigenvalue weighted by Crippen LogP contribution is -2.29. The number of hydrogen-bond acceptors (Lipinski definition) is 6. The summed E-state index contributed by atoms with van der Waals surface area (Å²) in [5.41, 5.74) is 6.16. The Labute approximate surface area is 215 Å². The van der Waals surface area contributed by atoms with Crippen LogP contribution in [0.25, 0.3) is 32.2 Å². The Balaban J connectivity index is 1.41. The number of fused-ring (bicyclic) bond motifs is 5. The molecule has 2 aromatic heterocycles. The van der Waals surface area contributed by atoms with E-state index in [1.54, 1.807) is 0 Å². The van der Waals surface area contributed by atoms with Crippen molar-refractivity contribution in [3.05, 3.63) is 65.6 Å². The fraction of sp³-hybridized carbons (Fsp3) is 0.310. The van der Waals surface area contributed by atoms with Crippen LogP contribution in [0.2, 0.25) is 0 Å². The summed E-state index contributed by atoms with van der Waals surface area (Å²) in [6.45, 7) is 9.63. The first-order valence-corrected chi connectivity index (χ1v) is 13.5. The third kappa shape index (κ3) is 4.28. The summed E-state index contributed by atoms with van der Waals surface area (Å²) in [7, 11) is 0. The highest BCUT2D eigenvalue weighted by Gasteiger charge is 2.21. The Morgan fingerprint density at radius 1 is 1.17 bits per heavy atom. The van der Waals surface area contributed by atoms with E-state index in [0.717, 1.165) is 61.5 Å². The Bertz CT molecular complexity index is 1470. The lowest BCUT2D eigenvalue weighted by molar-refractivity contribution is -0.111. The summed E-state index contributed by atoms with van der Waals surface area (Å²) < 4.78 is 1.28. The lowest BCUT2D eigenvalue weighted by Gasteiger charge is -2.25. The third-order valence-electron chi connectivity index (χ3n) is 7.36. The number of nitrogens with one attached hydrogen (secondary N) is 4. The topological polar surface area (TPSA) is 78.1 Å². The summed E-state index contributed by atoms with van der Waals surface area (Å²) in [5.74, 6) is 0.238. The predicted octanol–water partition coefficient (Wildman–Crippen LogP) is 5.61. The molecule has 1 fully saturated rings. The van der Waals surface area contributed by atoms with Gasteiger partial charge in [-0.3, -0.25) is 4.79 Å². The van der Waals surface area contributed by atoms with Gasteiger partial charge in [-0.1, -0.05) is 18.7 Å². The number of pyridine rings is 1. The monoisotopic (exact) mass is 497 g/mol. The lowest BCUT2D eigenvalue weighted by atomic mass is 9.88. The first-order valence-electron chi connectivity index (χ1n) is 12.7. The van der Waals surface area contributed by atoms with E-state index in [1.165, 1.54) is 37.7 Å². The van der Waals surface area contributed by atoms with Gasteiger partial charge in [-0.2, -0.15) is 0 Å². The van der Waals surface area contributed by atoms with Gasteiger partial charge in [0, 0.05) is 50.7 Å². The number of nitrogens with zero attached hydrogens (tertiary/aromatic N) is 1. The van der Waals surface area contributed by atoms with Gasteiger partial charge in [-0.25, -0.2) is 4.98 Å². The second-order valence-electron chi connectivity index (χ2n) is 9.78. The molecule has 2 aliphatic rings. The normalized spacial score (nSPS) is 18.4. The number of piperidine rings is 1. The average Bonchev–Trinajstić information content (AvgIpc) is 3.18. The number of thiophene rings is 1. The largest absolute Gasteiger partial charge is 0.382 e.